The predicted molar refractivity (Wildman–Crippen MR) is 165 cm³/mol. The molecule has 1 saturated carbocycles. The first-order chi connectivity index (χ1) is 20.1. The van der Waals surface area contributed by atoms with Gasteiger partial charge in [0.2, 0.25) is 11.8 Å². The highest BCUT2D eigenvalue weighted by molar-refractivity contribution is 7.92. The van der Waals surface area contributed by atoms with Crippen LogP contribution in [0.4, 0.5) is 5.69 Å². The van der Waals surface area contributed by atoms with Gasteiger partial charge in [0.15, 0.2) is 0 Å². The van der Waals surface area contributed by atoms with E-state index in [1.807, 2.05) is 57.2 Å². The Balaban J connectivity index is 1.67. The van der Waals surface area contributed by atoms with Gasteiger partial charge >= 0.3 is 0 Å². The summed E-state index contributed by atoms with van der Waals surface area (Å²) in [5.74, 6) is -0.154. The number of carbonyl (C=O) groups excluding carboxylic acids is 2. The summed E-state index contributed by atoms with van der Waals surface area (Å²) in [6.07, 6.45) is 3.98. The topological polar surface area (TPSA) is 96.0 Å². The summed E-state index contributed by atoms with van der Waals surface area (Å²) in [5, 5.41) is 3.10. The number of aryl methyl sites for hydroxylation is 2. The molecule has 0 radical (unpaired) electrons. The van der Waals surface area contributed by atoms with E-state index in [4.69, 9.17) is 4.74 Å². The predicted octanol–water partition coefficient (Wildman–Crippen LogP) is 5.37. The Kier molecular flexibility index (Phi) is 10.3. The van der Waals surface area contributed by atoms with Gasteiger partial charge in [-0.3, -0.25) is 13.9 Å². The zero-order valence-electron chi connectivity index (χ0n) is 24.9. The molecule has 0 unspecified atom stereocenters. The van der Waals surface area contributed by atoms with Crippen molar-refractivity contribution in [2.45, 2.75) is 76.9 Å². The fourth-order valence-electron chi connectivity index (χ4n) is 5.11. The average Bonchev–Trinajstić information content (AvgIpc) is 3.49. The molecule has 8 nitrogen and oxygen atoms in total. The van der Waals surface area contributed by atoms with Crippen LogP contribution in [0.2, 0.25) is 0 Å². The third-order valence-corrected chi connectivity index (χ3v) is 9.45. The first-order valence-electron chi connectivity index (χ1n) is 14.6. The van der Waals surface area contributed by atoms with Gasteiger partial charge in [0.1, 0.15) is 18.3 Å². The Hall–Kier alpha value is -3.85. The Morgan fingerprint density at radius 3 is 2.05 bits per heavy atom. The molecule has 1 fully saturated rings. The third kappa shape index (κ3) is 7.70. The minimum absolute atomic E-state index is 0.0384. The fraction of sp³-hybridized carbons (Fsp3) is 0.394. The molecule has 4 rings (SSSR count). The van der Waals surface area contributed by atoms with E-state index in [0.29, 0.717) is 18.0 Å². The second-order valence-corrected chi connectivity index (χ2v) is 12.8. The highest BCUT2D eigenvalue weighted by Gasteiger charge is 2.33. The number of anilines is 1. The van der Waals surface area contributed by atoms with Gasteiger partial charge in [-0.1, -0.05) is 60.4 Å². The van der Waals surface area contributed by atoms with Gasteiger partial charge in [0.05, 0.1) is 17.2 Å². The van der Waals surface area contributed by atoms with E-state index in [9.17, 15) is 18.0 Å². The smallest absolute Gasteiger partial charge is 0.264 e. The molecule has 1 atom stereocenters. The van der Waals surface area contributed by atoms with Crippen LogP contribution in [0.5, 0.6) is 5.75 Å². The van der Waals surface area contributed by atoms with Crippen LogP contribution in [-0.4, -0.2) is 50.4 Å². The number of hydrogen-bond donors (Lipinski definition) is 1. The molecule has 2 amide bonds. The molecule has 3 aromatic rings. The number of hydrogen-bond acceptors (Lipinski definition) is 5. The summed E-state index contributed by atoms with van der Waals surface area (Å²) in [4.78, 5) is 28.9. The second kappa shape index (κ2) is 13.9. The number of benzene rings is 3. The second-order valence-electron chi connectivity index (χ2n) is 10.9. The van der Waals surface area contributed by atoms with Gasteiger partial charge in [-0.15, -0.1) is 0 Å². The number of amides is 2. The van der Waals surface area contributed by atoms with E-state index >= 15 is 0 Å². The number of carbonyl (C=O) groups is 2. The first-order valence-corrected chi connectivity index (χ1v) is 16.0. The monoisotopic (exact) mass is 591 g/mol. The average molecular weight is 592 g/mol. The van der Waals surface area contributed by atoms with Crippen molar-refractivity contribution in [1.82, 2.24) is 10.2 Å². The van der Waals surface area contributed by atoms with Crippen LogP contribution >= 0.6 is 0 Å². The van der Waals surface area contributed by atoms with Crippen LogP contribution in [0.1, 0.15) is 56.2 Å². The van der Waals surface area contributed by atoms with E-state index in [-0.39, 0.29) is 23.4 Å². The third-order valence-electron chi connectivity index (χ3n) is 7.67. The molecule has 3 aromatic carbocycles. The van der Waals surface area contributed by atoms with Crippen LogP contribution in [0.25, 0.3) is 0 Å². The van der Waals surface area contributed by atoms with Crippen molar-refractivity contribution in [2.75, 3.05) is 17.5 Å². The number of ether oxygens (including phenoxy) is 1. The van der Waals surface area contributed by atoms with Crippen LogP contribution < -0.4 is 14.4 Å². The van der Waals surface area contributed by atoms with Crippen molar-refractivity contribution in [3.63, 3.8) is 0 Å². The molecular weight excluding hydrogens is 550 g/mol. The lowest BCUT2D eigenvalue weighted by Crippen LogP contribution is -2.52. The Morgan fingerprint density at radius 1 is 0.905 bits per heavy atom. The first kappa shape index (κ1) is 31.1. The summed E-state index contributed by atoms with van der Waals surface area (Å²) in [7, 11) is -4.14. The zero-order chi connectivity index (χ0) is 30.3. The molecule has 0 bridgehead atoms. The Morgan fingerprint density at radius 2 is 1.48 bits per heavy atom. The minimum Gasteiger partial charge on any atom is -0.494 e. The SMILES string of the molecule is CCOc1ccc(S(=O)(=O)N(CC(=O)N(Cc2ccc(C)cc2)[C@H](C)C(=O)NC2CCCC2)c2ccc(C)cc2)cc1. The van der Waals surface area contributed by atoms with Crippen LogP contribution in [0.15, 0.2) is 77.7 Å². The summed E-state index contributed by atoms with van der Waals surface area (Å²) in [6, 6.07) is 20.2. The van der Waals surface area contributed by atoms with Gasteiger partial charge in [0.25, 0.3) is 10.0 Å². The quantitative estimate of drug-likeness (QED) is 0.305. The Labute approximate surface area is 249 Å². The molecule has 1 aliphatic carbocycles. The molecule has 0 heterocycles. The van der Waals surface area contributed by atoms with Crippen molar-refractivity contribution < 1.29 is 22.7 Å². The molecule has 0 saturated heterocycles. The normalized spacial score (nSPS) is 14.3. The summed E-state index contributed by atoms with van der Waals surface area (Å²) in [5.41, 5.74) is 3.25. The number of rotatable bonds is 12. The lowest BCUT2D eigenvalue weighted by atomic mass is 10.1. The highest BCUT2D eigenvalue weighted by Crippen LogP contribution is 2.27. The van der Waals surface area contributed by atoms with Crippen molar-refractivity contribution in [3.05, 3.63) is 89.5 Å². The van der Waals surface area contributed by atoms with Crippen molar-refractivity contribution >= 4 is 27.5 Å². The maximum atomic E-state index is 14.1. The minimum atomic E-state index is -4.14. The van der Waals surface area contributed by atoms with Gasteiger partial charge in [-0.05, 0) is 82.5 Å². The lowest BCUT2D eigenvalue weighted by Gasteiger charge is -2.32. The van der Waals surface area contributed by atoms with Gasteiger partial charge in [0, 0.05) is 12.6 Å². The molecule has 1 aliphatic rings. The van der Waals surface area contributed by atoms with E-state index in [1.54, 1.807) is 31.2 Å². The molecule has 0 spiro atoms. The van der Waals surface area contributed by atoms with Crippen molar-refractivity contribution in [1.29, 1.82) is 0 Å². The standard InChI is InChI=1S/C33H41N3O5S/c1-5-41-30-18-20-31(21-19-30)42(39,40)36(29-16-12-25(3)13-17-29)23-32(37)35(22-27-14-10-24(2)11-15-27)26(4)33(38)34-28-8-6-7-9-28/h10-21,26,28H,5-9,22-23H2,1-4H3,(H,34,38)/t26-/m1/s1. The number of sulfonamides is 1. The van der Waals surface area contributed by atoms with E-state index in [2.05, 4.69) is 5.32 Å². The van der Waals surface area contributed by atoms with Crippen molar-refractivity contribution in [3.8, 4) is 5.75 Å². The van der Waals surface area contributed by atoms with Gasteiger partial charge in [-0.25, -0.2) is 8.42 Å². The maximum absolute atomic E-state index is 14.1. The molecule has 42 heavy (non-hydrogen) atoms. The van der Waals surface area contributed by atoms with E-state index in [1.165, 1.54) is 17.0 Å². The molecule has 9 heteroatoms. The van der Waals surface area contributed by atoms with Gasteiger partial charge in [-0.2, -0.15) is 0 Å². The molecule has 224 valence electrons. The maximum Gasteiger partial charge on any atom is 0.264 e. The van der Waals surface area contributed by atoms with E-state index in [0.717, 1.165) is 46.7 Å². The van der Waals surface area contributed by atoms with Gasteiger partial charge < -0.3 is 15.0 Å². The molecule has 0 aromatic heterocycles. The zero-order valence-corrected chi connectivity index (χ0v) is 25.7. The van der Waals surface area contributed by atoms with Crippen molar-refractivity contribution in [2.24, 2.45) is 0 Å². The summed E-state index contributed by atoms with van der Waals surface area (Å²) >= 11 is 0. The van der Waals surface area contributed by atoms with Crippen LogP contribution in [0.3, 0.4) is 0 Å². The fourth-order valence-corrected chi connectivity index (χ4v) is 6.52. The lowest BCUT2D eigenvalue weighted by molar-refractivity contribution is -0.139. The highest BCUT2D eigenvalue weighted by atomic mass is 32.2. The number of nitrogens with zero attached hydrogens (tertiary/aromatic N) is 2. The largest absolute Gasteiger partial charge is 0.494 e. The summed E-state index contributed by atoms with van der Waals surface area (Å²) < 4.78 is 34.6. The van der Waals surface area contributed by atoms with E-state index < -0.39 is 28.5 Å². The molecular formula is C33H41N3O5S. The van der Waals surface area contributed by atoms with Crippen LogP contribution in [0, 0.1) is 13.8 Å². The number of nitrogens with one attached hydrogen (secondary N) is 1. The summed E-state index contributed by atoms with van der Waals surface area (Å²) in [6.45, 7) is 7.61. The van der Waals surface area contributed by atoms with Crippen LogP contribution in [-0.2, 0) is 26.2 Å². The molecule has 1 N–H and O–H groups in total. The Bertz CT molecular complexity index is 1450. The molecule has 0 aliphatic heterocycles.